The van der Waals surface area contributed by atoms with Crippen molar-refractivity contribution in [2.75, 3.05) is 20.1 Å². The SMILES string of the molecule is CCCN(C)C(=O)NCC(CC)CC(=O)O. The predicted molar refractivity (Wildman–Crippen MR) is 62.4 cm³/mol. The van der Waals surface area contributed by atoms with E-state index in [4.69, 9.17) is 5.11 Å². The van der Waals surface area contributed by atoms with Crippen molar-refractivity contribution in [3.05, 3.63) is 0 Å². The lowest BCUT2D eigenvalue weighted by molar-refractivity contribution is -0.138. The molecule has 5 nitrogen and oxygen atoms in total. The van der Waals surface area contributed by atoms with E-state index in [1.807, 2.05) is 13.8 Å². The van der Waals surface area contributed by atoms with Gasteiger partial charge in [0.25, 0.3) is 0 Å². The molecule has 1 unspecified atom stereocenters. The largest absolute Gasteiger partial charge is 0.481 e. The molecule has 0 aromatic rings. The minimum Gasteiger partial charge on any atom is -0.481 e. The Morgan fingerprint density at radius 3 is 2.44 bits per heavy atom. The summed E-state index contributed by atoms with van der Waals surface area (Å²) in [6, 6.07) is -0.134. The summed E-state index contributed by atoms with van der Waals surface area (Å²) in [5.41, 5.74) is 0. The van der Waals surface area contributed by atoms with Gasteiger partial charge in [-0.1, -0.05) is 20.3 Å². The van der Waals surface area contributed by atoms with Crippen molar-refractivity contribution in [1.29, 1.82) is 0 Å². The molecule has 5 heteroatoms. The van der Waals surface area contributed by atoms with Crippen LogP contribution in [0.15, 0.2) is 0 Å². The van der Waals surface area contributed by atoms with Crippen molar-refractivity contribution in [1.82, 2.24) is 10.2 Å². The van der Waals surface area contributed by atoms with Crippen LogP contribution in [0.1, 0.15) is 33.1 Å². The van der Waals surface area contributed by atoms with Gasteiger partial charge in [-0.2, -0.15) is 0 Å². The Bertz CT molecular complexity index is 231. The van der Waals surface area contributed by atoms with E-state index >= 15 is 0 Å². The van der Waals surface area contributed by atoms with Gasteiger partial charge in [-0.3, -0.25) is 4.79 Å². The van der Waals surface area contributed by atoms with E-state index in [1.54, 1.807) is 11.9 Å². The summed E-state index contributed by atoms with van der Waals surface area (Å²) in [6.45, 7) is 5.07. The number of aliphatic carboxylic acids is 1. The molecular weight excluding hydrogens is 208 g/mol. The number of carboxylic acids is 1. The van der Waals surface area contributed by atoms with E-state index in [1.165, 1.54) is 0 Å². The number of hydrogen-bond acceptors (Lipinski definition) is 2. The van der Waals surface area contributed by atoms with Gasteiger partial charge in [0.1, 0.15) is 0 Å². The van der Waals surface area contributed by atoms with Crippen LogP contribution < -0.4 is 5.32 Å². The maximum Gasteiger partial charge on any atom is 0.317 e. The van der Waals surface area contributed by atoms with Gasteiger partial charge in [0.2, 0.25) is 0 Å². The Morgan fingerprint density at radius 2 is 2.00 bits per heavy atom. The van der Waals surface area contributed by atoms with Crippen molar-refractivity contribution in [2.45, 2.75) is 33.1 Å². The molecule has 1 atom stereocenters. The third kappa shape index (κ3) is 6.27. The average Bonchev–Trinajstić information content (AvgIpc) is 2.23. The van der Waals surface area contributed by atoms with E-state index < -0.39 is 5.97 Å². The zero-order chi connectivity index (χ0) is 12.6. The lowest BCUT2D eigenvalue weighted by atomic mass is 10.0. The molecule has 0 rings (SSSR count). The van der Waals surface area contributed by atoms with Gasteiger partial charge in [0.05, 0.1) is 0 Å². The third-order valence-corrected chi connectivity index (χ3v) is 2.49. The Kier molecular flexibility index (Phi) is 7.33. The summed E-state index contributed by atoms with van der Waals surface area (Å²) in [5.74, 6) is -0.806. The second-order valence-electron chi connectivity index (χ2n) is 3.98. The first-order valence-corrected chi connectivity index (χ1v) is 5.71. The zero-order valence-corrected chi connectivity index (χ0v) is 10.3. The van der Waals surface area contributed by atoms with Crippen LogP contribution in [0.5, 0.6) is 0 Å². The number of carboxylic acid groups (broad SMARTS) is 1. The van der Waals surface area contributed by atoms with Crippen LogP contribution >= 0.6 is 0 Å². The quantitative estimate of drug-likeness (QED) is 0.697. The molecule has 0 saturated carbocycles. The van der Waals surface area contributed by atoms with Crippen LogP contribution in [0.4, 0.5) is 4.79 Å². The summed E-state index contributed by atoms with van der Waals surface area (Å²) >= 11 is 0. The third-order valence-electron chi connectivity index (χ3n) is 2.49. The first-order valence-electron chi connectivity index (χ1n) is 5.71. The van der Waals surface area contributed by atoms with Crippen molar-refractivity contribution >= 4 is 12.0 Å². The number of nitrogens with zero attached hydrogens (tertiary/aromatic N) is 1. The van der Waals surface area contributed by atoms with Gasteiger partial charge in [-0.05, 0) is 12.3 Å². The van der Waals surface area contributed by atoms with Crippen LogP contribution in [0.25, 0.3) is 0 Å². The lowest BCUT2D eigenvalue weighted by Gasteiger charge is -2.19. The van der Waals surface area contributed by atoms with E-state index in [9.17, 15) is 9.59 Å². The molecule has 0 aromatic carbocycles. The van der Waals surface area contributed by atoms with Gasteiger partial charge >= 0.3 is 12.0 Å². The van der Waals surface area contributed by atoms with Crippen molar-refractivity contribution in [3.8, 4) is 0 Å². The molecule has 0 heterocycles. The summed E-state index contributed by atoms with van der Waals surface area (Å²) in [4.78, 5) is 23.6. The number of urea groups is 1. The van der Waals surface area contributed by atoms with E-state index in [0.717, 1.165) is 12.8 Å². The number of hydrogen-bond donors (Lipinski definition) is 2. The normalized spacial score (nSPS) is 11.9. The minimum atomic E-state index is -0.817. The molecule has 2 amide bonds. The number of carbonyl (C=O) groups is 2. The molecule has 2 N–H and O–H groups in total. The van der Waals surface area contributed by atoms with Crippen LogP contribution in [0, 0.1) is 5.92 Å². The van der Waals surface area contributed by atoms with Crippen LogP contribution in [-0.4, -0.2) is 42.1 Å². The monoisotopic (exact) mass is 230 g/mol. The smallest absolute Gasteiger partial charge is 0.317 e. The maximum atomic E-state index is 11.5. The zero-order valence-electron chi connectivity index (χ0n) is 10.3. The Balaban J connectivity index is 3.91. The standard InChI is InChI=1S/C11H22N2O3/c1-4-6-13(3)11(16)12-8-9(5-2)7-10(14)15/h9H,4-8H2,1-3H3,(H,12,16)(H,14,15). The molecule has 0 spiro atoms. The number of amides is 2. The number of carbonyl (C=O) groups excluding carboxylic acids is 1. The Morgan fingerprint density at radius 1 is 1.38 bits per heavy atom. The molecular formula is C11H22N2O3. The van der Waals surface area contributed by atoms with Crippen LogP contribution in [0.2, 0.25) is 0 Å². The predicted octanol–water partition coefficient (Wildman–Crippen LogP) is 1.54. The second-order valence-corrected chi connectivity index (χ2v) is 3.98. The highest BCUT2D eigenvalue weighted by atomic mass is 16.4. The molecule has 0 aliphatic heterocycles. The lowest BCUT2D eigenvalue weighted by Crippen LogP contribution is -2.40. The molecule has 0 aliphatic carbocycles. The van der Waals surface area contributed by atoms with Gasteiger partial charge in [-0.15, -0.1) is 0 Å². The van der Waals surface area contributed by atoms with Gasteiger partial charge in [0, 0.05) is 26.6 Å². The molecule has 0 bridgehead atoms. The first-order chi connectivity index (χ1) is 7.51. The molecule has 16 heavy (non-hydrogen) atoms. The summed E-state index contributed by atoms with van der Waals surface area (Å²) in [6.07, 6.45) is 1.77. The van der Waals surface area contributed by atoms with Crippen molar-refractivity contribution in [3.63, 3.8) is 0 Å². The van der Waals surface area contributed by atoms with Crippen LogP contribution in [0.3, 0.4) is 0 Å². The molecule has 0 fully saturated rings. The fraction of sp³-hybridized carbons (Fsp3) is 0.818. The van der Waals surface area contributed by atoms with E-state index in [2.05, 4.69) is 5.32 Å². The fourth-order valence-electron chi connectivity index (χ4n) is 1.41. The highest BCUT2D eigenvalue weighted by molar-refractivity contribution is 5.74. The van der Waals surface area contributed by atoms with Crippen molar-refractivity contribution < 1.29 is 14.7 Å². The first kappa shape index (κ1) is 14.7. The van der Waals surface area contributed by atoms with Crippen LogP contribution in [-0.2, 0) is 4.79 Å². The summed E-state index contributed by atoms with van der Waals surface area (Å²) in [5, 5.41) is 11.4. The topological polar surface area (TPSA) is 69.6 Å². The average molecular weight is 230 g/mol. The maximum absolute atomic E-state index is 11.5. The van der Waals surface area contributed by atoms with Gasteiger partial charge in [0.15, 0.2) is 0 Å². The molecule has 0 saturated heterocycles. The molecule has 0 radical (unpaired) electrons. The Labute approximate surface area is 96.8 Å². The van der Waals surface area contributed by atoms with Gasteiger partial charge < -0.3 is 15.3 Å². The number of nitrogens with one attached hydrogen (secondary N) is 1. The number of rotatable bonds is 7. The van der Waals surface area contributed by atoms with Gasteiger partial charge in [-0.25, -0.2) is 4.79 Å². The van der Waals surface area contributed by atoms with Crippen molar-refractivity contribution in [2.24, 2.45) is 5.92 Å². The highest BCUT2D eigenvalue weighted by Crippen LogP contribution is 2.06. The highest BCUT2D eigenvalue weighted by Gasteiger charge is 2.13. The molecule has 0 aliphatic rings. The minimum absolute atomic E-state index is 0.0106. The van der Waals surface area contributed by atoms with E-state index in [-0.39, 0.29) is 18.4 Å². The molecule has 94 valence electrons. The summed E-state index contributed by atoms with van der Waals surface area (Å²) < 4.78 is 0. The Hall–Kier alpha value is -1.26. The van der Waals surface area contributed by atoms with E-state index in [0.29, 0.717) is 13.1 Å². The summed E-state index contributed by atoms with van der Waals surface area (Å²) in [7, 11) is 1.73. The molecule has 0 aromatic heterocycles. The second kappa shape index (κ2) is 7.96. The fourth-order valence-corrected chi connectivity index (χ4v) is 1.41.